The number of hydrogen-bond donors (Lipinski definition) is 4. The smallest absolute Gasteiger partial charge is 0.161 e. The molecule has 0 radical (unpaired) electrons. The maximum absolute atomic E-state index is 9.97. The van der Waals surface area contributed by atoms with Crippen molar-refractivity contribution >= 4 is 0 Å². The van der Waals surface area contributed by atoms with Crippen LogP contribution in [0.5, 0.6) is 46.0 Å². The van der Waals surface area contributed by atoms with Crippen LogP contribution in [0.4, 0.5) is 0 Å². The SMILES string of the molecule is COc1cc(CCc2ccc(O)c(O)c2)c(-c2cc(OC)c(OC)cc2CCc2ccc(O)c(O)c2)cc1OC. The van der Waals surface area contributed by atoms with Crippen LogP contribution in [0.15, 0.2) is 60.7 Å². The Labute approximate surface area is 233 Å². The van der Waals surface area contributed by atoms with Gasteiger partial charge in [0.15, 0.2) is 46.0 Å². The average Bonchev–Trinajstić information content (AvgIpc) is 2.97. The van der Waals surface area contributed by atoms with E-state index < -0.39 is 0 Å². The summed E-state index contributed by atoms with van der Waals surface area (Å²) in [5, 5.41) is 39.3. The van der Waals surface area contributed by atoms with E-state index in [1.54, 1.807) is 52.7 Å². The zero-order valence-corrected chi connectivity index (χ0v) is 23.0. The fourth-order valence-electron chi connectivity index (χ4n) is 4.76. The maximum atomic E-state index is 9.97. The van der Waals surface area contributed by atoms with Gasteiger partial charge in [0, 0.05) is 0 Å². The summed E-state index contributed by atoms with van der Waals surface area (Å²) >= 11 is 0. The van der Waals surface area contributed by atoms with Gasteiger partial charge >= 0.3 is 0 Å². The van der Waals surface area contributed by atoms with Crippen molar-refractivity contribution < 1.29 is 39.4 Å². The number of phenolic OH excluding ortho intramolecular Hbond substituents is 4. The third-order valence-electron chi connectivity index (χ3n) is 6.95. The van der Waals surface area contributed by atoms with Crippen molar-refractivity contribution in [2.75, 3.05) is 28.4 Å². The molecule has 0 saturated heterocycles. The normalized spacial score (nSPS) is 10.8. The predicted molar refractivity (Wildman–Crippen MR) is 152 cm³/mol. The summed E-state index contributed by atoms with van der Waals surface area (Å²) in [7, 11) is 6.36. The molecule has 4 N–H and O–H groups in total. The van der Waals surface area contributed by atoms with Crippen molar-refractivity contribution in [3.63, 3.8) is 0 Å². The maximum Gasteiger partial charge on any atom is 0.161 e. The molecule has 0 aliphatic rings. The first-order valence-electron chi connectivity index (χ1n) is 12.8. The fraction of sp³-hybridized carbons (Fsp3) is 0.250. The zero-order valence-electron chi connectivity index (χ0n) is 23.0. The van der Waals surface area contributed by atoms with Crippen molar-refractivity contribution in [3.05, 3.63) is 82.9 Å². The highest BCUT2D eigenvalue weighted by Crippen LogP contribution is 2.42. The van der Waals surface area contributed by atoms with Crippen LogP contribution < -0.4 is 18.9 Å². The van der Waals surface area contributed by atoms with E-state index in [0.29, 0.717) is 48.7 Å². The van der Waals surface area contributed by atoms with E-state index in [0.717, 1.165) is 33.4 Å². The molecule has 8 heteroatoms. The molecule has 4 rings (SSSR count). The highest BCUT2D eigenvalue weighted by Gasteiger charge is 2.19. The van der Waals surface area contributed by atoms with E-state index in [4.69, 9.17) is 18.9 Å². The van der Waals surface area contributed by atoms with Crippen molar-refractivity contribution in [2.45, 2.75) is 25.7 Å². The van der Waals surface area contributed by atoms with E-state index in [9.17, 15) is 20.4 Å². The van der Waals surface area contributed by atoms with Gasteiger partial charge in [-0.25, -0.2) is 0 Å². The second kappa shape index (κ2) is 12.4. The van der Waals surface area contributed by atoms with Crippen molar-refractivity contribution in [2.24, 2.45) is 0 Å². The van der Waals surface area contributed by atoms with Crippen LogP contribution in [0, 0.1) is 0 Å². The molecular formula is C32H34O8. The van der Waals surface area contributed by atoms with Gasteiger partial charge < -0.3 is 39.4 Å². The lowest BCUT2D eigenvalue weighted by atomic mass is 9.89. The molecule has 40 heavy (non-hydrogen) atoms. The number of phenols is 4. The van der Waals surface area contributed by atoms with Gasteiger partial charge in [0.2, 0.25) is 0 Å². The molecule has 0 saturated carbocycles. The largest absolute Gasteiger partial charge is 0.504 e. The predicted octanol–water partition coefficient (Wildman–Crippen LogP) is 5.78. The molecule has 0 bridgehead atoms. The van der Waals surface area contributed by atoms with Crippen LogP contribution in [0.1, 0.15) is 22.3 Å². The lowest BCUT2D eigenvalue weighted by molar-refractivity contribution is 0.354. The molecule has 0 spiro atoms. The molecule has 0 heterocycles. The van der Waals surface area contributed by atoms with Crippen molar-refractivity contribution in [3.8, 4) is 57.1 Å². The third kappa shape index (κ3) is 6.12. The molecule has 210 valence electrons. The number of hydrogen-bond acceptors (Lipinski definition) is 8. The van der Waals surface area contributed by atoms with Crippen LogP contribution in [-0.4, -0.2) is 48.9 Å². The molecule has 4 aromatic carbocycles. The van der Waals surface area contributed by atoms with Gasteiger partial charge in [-0.3, -0.25) is 0 Å². The Hall–Kier alpha value is -4.72. The van der Waals surface area contributed by atoms with Gasteiger partial charge in [0.05, 0.1) is 28.4 Å². The van der Waals surface area contributed by atoms with Crippen molar-refractivity contribution in [1.82, 2.24) is 0 Å². The minimum Gasteiger partial charge on any atom is -0.504 e. The Balaban J connectivity index is 1.80. The van der Waals surface area contributed by atoms with Crippen molar-refractivity contribution in [1.29, 1.82) is 0 Å². The van der Waals surface area contributed by atoms with Crippen LogP contribution in [0.2, 0.25) is 0 Å². The number of aryl methyl sites for hydroxylation is 4. The van der Waals surface area contributed by atoms with Gasteiger partial charge in [-0.1, -0.05) is 12.1 Å². The second-order valence-electron chi connectivity index (χ2n) is 9.37. The second-order valence-corrected chi connectivity index (χ2v) is 9.37. The summed E-state index contributed by atoms with van der Waals surface area (Å²) in [6, 6.07) is 17.4. The van der Waals surface area contributed by atoms with E-state index in [-0.39, 0.29) is 23.0 Å². The molecule has 0 aliphatic carbocycles. The van der Waals surface area contributed by atoms with Crippen LogP contribution >= 0.6 is 0 Å². The molecular weight excluding hydrogens is 512 g/mol. The Morgan fingerprint density at radius 2 is 0.775 bits per heavy atom. The molecule has 0 aliphatic heterocycles. The summed E-state index contributed by atoms with van der Waals surface area (Å²) in [5.74, 6) is 1.70. The van der Waals surface area contributed by atoms with Crippen LogP contribution in [-0.2, 0) is 25.7 Å². The summed E-state index contributed by atoms with van der Waals surface area (Å²) in [6.45, 7) is 0. The highest BCUT2D eigenvalue weighted by molar-refractivity contribution is 5.77. The van der Waals surface area contributed by atoms with E-state index in [1.807, 2.05) is 24.3 Å². The van der Waals surface area contributed by atoms with Gasteiger partial charge in [0.25, 0.3) is 0 Å². The first-order chi connectivity index (χ1) is 19.3. The number of ether oxygens (including phenoxy) is 4. The molecule has 0 atom stereocenters. The Morgan fingerprint density at radius 1 is 0.425 bits per heavy atom. The standard InChI is InChI=1S/C32H34O8/c1-37-29-15-21(9-5-19-7-11-25(33)27(35)13-19)23(17-31(29)39-3)24-18-32(40-4)30(38-2)16-22(24)10-6-20-8-12-26(34)28(36)14-20/h7-8,11-18,33-36H,5-6,9-10H2,1-4H3. The highest BCUT2D eigenvalue weighted by atomic mass is 16.5. The van der Waals surface area contributed by atoms with E-state index >= 15 is 0 Å². The van der Waals surface area contributed by atoms with Crippen LogP contribution in [0.25, 0.3) is 11.1 Å². The zero-order chi connectivity index (χ0) is 28.8. The number of methoxy groups -OCH3 is 4. The van der Waals surface area contributed by atoms with Gasteiger partial charge in [-0.15, -0.1) is 0 Å². The first kappa shape index (κ1) is 28.3. The van der Waals surface area contributed by atoms with Gasteiger partial charge in [-0.05, 0) is 108 Å². The average molecular weight is 547 g/mol. The first-order valence-corrected chi connectivity index (χ1v) is 12.8. The summed E-state index contributed by atoms with van der Waals surface area (Å²) in [4.78, 5) is 0. The topological polar surface area (TPSA) is 118 Å². The summed E-state index contributed by atoms with van der Waals surface area (Å²) < 4.78 is 22.5. The summed E-state index contributed by atoms with van der Waals surface area (Å²) in [5.41, 5.74) is 5.56. The van der Waals surface area contributed by atoms with Crippen LogP contribution in [0.3, 0.4) is 0 Å². The fourth-order valence-corrected chi connectivity index (χ4v) is 4.76. The number of aromatic hydroxyl groups is 4. The summed E-state index contributed by atoms with van der Waals surface area (Å²) in [6.07, 6.45) is 2.43. The Kier molecular flexibility index (Phi) is 8.79. The molecule has 0 unspecified atom stereocenters. The van der Waals surface area contributed by atoms with E-state index in [1.165, 1.54) is 12.1 Å². The lowest BCUT2D eigenvalue weighted by Crippen LogP contribution is -2.03. The third-order valence-corrected chi connectivity index (χ3v) is 6.95. The Bertz CT molecular complexity index is 1380. The molecule has 4 aromatic rings. The quantitative estimate of drug-likeness (QED) is 0.175. The molecule has 8 nitrogen and oxygen atoms in total. The lowest BCUT2D eigenvalue weighted by Gasteiger charge is -2.20. The number of rotatable bonds is 11. The molecule has 0 aromatic heterocycles. The monoisotopic (exact) mass is 546 g/mol. The number of benzene rings is 4. The minimum atomic E-state index is -0.160. The molecule has 0 amide bonds. The molecule has 0 fully saturated rings. The minimum absolute atomic E-state index is 0.160. The van der Waals surface area contributed by atoms with E-state index in [2.05, 4.69) is 0 Å². The van der Waals surface area contributed by atoms with Gasteiger partial charge in [-0.2, -0.15) is 0 Å². The Morgan fingerprint density at radius 3 is 1.10 bits per heavy atom. The van der Waals surface area contributed by atoms with Gasteiger partial charge in [0.1, 0.15) is 0 Å².